The van der Waals surface area contributed by atoms with E-state index in [1.165, 1.54) is 12.1 Å². The molecule has 17 heavy (non-hydrogen) atoms. The lowest BCUT2D eigenvalue weighted by Gasteiger charge is -2.30. The van der Waals surface area contributed by atoms with E-state index in [1.54, 1.807) is 4.90 Å². The summed E-state index contributed by atoms with van der Waals surface area (Å²) in [6.45, 7) is 0.913. The molecule has 0 aliphatic carbocycles. The highest BCUT2D eigenvalue weighted by Crippen LogP contribution is 2.21. The highest BCUT2D eigenvalue weighted by atomic mass is 35.5. The minimum atomic E-state index is -0.480. The van der Waals surface area contributed by atoms with Gasteiger partial charge in [0.1, 0.15) is 5.82 Å². The van der Waals surface area contributed by atoms with Gasteiger partial charge in [-0.2, -0.15) is 0 Å². The standard InChI is InChI=1S/C12H13ClFNO2/c13-11-6-8(14)3-4-10(11)12(17)15-5-1-2-9(16)7-15/h3-4,6,9,16H,1-2,5,7H2. The highest BCUT2D eigenvalue weighted by Gasteiger charge is 2.24. The van der Waals surface area contributed by atoms with Gasteiger partial charge < -0.3 is 10.0 Å². The SMILES string of the molecule is O=C(c1ccc(F)cc1Cl)N1CCCC(O)C1. The number of carbonyl (C=O) groups is 1. The molecule has 1 unspecified atom stereocenters. The predicted octanol–water partition coefficient (Wildman–Crippen LogP) is 2.08. The predicted molar refractivity (Wildman–Crippen MR) is 62.6 cm³/mol. The van der Waals surface area contributed by atoms with E-state index in [0.29, 0.717) is 19.5 Å². The van der Waals surface area contributed by atoms with Gasteiger partial charge in [0.05, 0.1) is 16.7 Å². The van der Waals surface area contributed by atoms with Gasteiger partial charge in [-0.25, -0.2) is 4.39 Å². The lowest BCUT2D eigenvalue weighted by molar-refractivity contribution is 0.0474. The third-order valence-corrected chi connectivity index (χ3v) is 3.16. The fourth-order valence-electron chi connectivity index (χ4n) is 1.97. The summed E-state index contributed by atoms with van der Waals surface area (Å²) >= 11 is 5.83. The largest absolute Gasteiger partial charge is 0.391 e. The van der Waals surface area contributed by atoms with Crippen molar-refractivity contribution in [2.45, 2.75) is 18.9 Å². The van der Waals surface area contributed by atoms with Gasteiger partial charge in [-0.3, -0.25) is 4.79 Å². The first-order chi connectivity index (χ1) is 8.08. The number of amides is 1. The Labute approximate surface area is 104 Å². The zero-order chi connectivity index (χ0) is 12.4. The molecular weight excluding hydrogens is 245 g/mol. The summed E-state index contributed by atoms with van der Waals surface area (Å²) in [6.07, 6.45) is 0.999. The summed E-state index contributed by atoms with van der Waals surface area (Å²) in [5.41, 5.74) is 0.280. The third kappa shape index (κ3) is 2.76. The molecule has 2 rings (SSSR count). The van der Waals surface area contributed by atoms with Crippen molar-refractivity contribution < 1.29 is 14.3 Å². The maximum Gasteiger partial charge on any atom is 0.255 e. The van der Waals surface area contributed by atoms with Gasteiger partial charge in [-0.1, -0.05) is 11.6 Å². The molecule has 3 nitrogen and oxygen atoms in total. The number of nitrogens with zero attached hydrogens (tertiary/aromatic N) is 1. The number of hydrogen-bond donors (Lipinski definition) is 1. The average Bonchev–Trinajstić information content (AvgIpc) is 2.28. The molecule has 0 saturated carbocycles. The van der Waals surface area contributed by atoms with Crippen LogP contribution in [0.1, 0.15) is 23.2 Å². The lowest BCUT2D eigenvalue weighted by atomic mass is 10.1. The number of piperidine rings is 1. The van der Waals surface area contributed by atoms with Gasteiger partial charge in [0.2, 0.25) is 0 Å². The molecule has 0 bridgehead atoms. The molecule has 1 saturated heterocycles. The summed E-state index contributed by atoms with van der Waals surface area (Å²) < 4.78 is 12.9. The van der Waals surface area contributed by atoms with Crippen LogP contribution in [-0.2, 0) is 0 Å². The highest BCUT2D eigenvalue weighted by molar-refractivity contribution is 6.33. The molecule has 0 aromatic heterocycles. The smallest absolute Gasteiger partial charge is 0.255 e. The average molecular weight is 258 g/mol. The second-order valence-corrected chi connectivity index (χ2v) is 4.58. The van der Waals surface area contributed by atoms with Crippen LogP contribution in [0.25, 0.3) is 0 Å². The summed E-state index contributed by atoms with van der Waals surface area (Å²) in [5, 5.41) is 9.61. The van der Waals surface area contributed by atoms with Crippen molar-refractivity contribution in [2.75, 3.05) is 13.1 Å². The first-order valence-electron chi connectivity index (χ1n) is 5.50. The summed E-state index contributed by atoms with van der Waals surface area (Å²) in [4.78, 5) is 13.6. The molecule has 0 spiro atoms. The molecule has 92 valence electrons. The van der Waals surface area contributed by atoms with Crippen molar-refractivity contribution in [1.29, 1.82) is 0 Å². The number of β-amino-alcohol motifs (C(OH)–C–C–N with tert-alkyl or cyclic N) is 1. The second-order valence-electron chi connectivity index (χ2n) is 4.17. The molecule has 1 aliphatic heterocycles. The van der Waals surface area contributed by atoms with E-state index < -0.39 is 11.9 Å². The number of aliphatic hydroxyl groups is 1. The maximum absolute atomic E-state index is 12.9. The zero-order valence-electron chi connectivity index (χ0n) is 9.20. The Bertz CT molecular complexity index is 439. The fraction of sp³-hybridized carbons (Fsp3) is 0.417. The van der Waals surface area contributed by atoms with E-state index in [1.807, 2.05) is 0 Å². The zero-order valence-corrected chi connectivity index (χ0v) is 9.95. The van der Waals surface area contributed by atoms with Gasteiger partial charge in [0, 0.05) is 13.1 Å². The van der Waals surface area contributed by atoms with Crippen LogP contribution in [0.2, 0.25) is 5.02 Å². The molecule has 1 aliphatic rings. The lowest BCUT2D eigenvalue weighted by Crippen LogP contribution is -2.42. The Morgan fingerprint density at radius 3 is 2.94 bits per heavy atom. The Hall–Kier alpha value is -1.13. The molecule has 1 atom stereocenters. The topological polar surface area (TPSA) is 40.5 Å². The molecular formula is C12H13ClFNO2. The van der Waals surface area contributed by atoms with Crippen molar-refractivity contribution in [3.8, 4) is 0 Å². The van der Waals surface area contributed by atoms with Crippen LogP contribution >= 0.6 is 11.6 Å². The molecule has 1 N–H and O–H groups in total. The minimum Gasteiger partial charge on any atom is -0.391 e. The molecule has 1 heterocycles. The number of hydrogen-bond acceptors (Lipinski definition) is 2. The second kappa shape index (κ2) is 5.02. The van der Waals surface area contributed by atoms with E-state index >= 15 is 0 Å². The Kier molecular flexibility index (Phi) is 3.64. The summed E-state index contributed by atoms with van der Waals surface area (Å²) in [6, 6.07) is 3.70. The van der Waals surface area contributed by atoms with Gasteiger partial charge in [-0.05, 0) is 31.0 Å². The van der Waals surface area contributed by atoms with Gasteiger partial charge in [0.15, 0.2) is 0 Å². The van der Waals surface area contributed by atoms with E-state index in [2.05, 4.69) is 0 Å². The fourth-order valence-corrected chi connectivity index (χ4v) is 2.22. The van der Waals surface area contributed by atoms with Crippen LogP contribution < -0.4 is 0 Å². The Morgan fingerprint density at radius 1 is 1.53 bits per heavy atom. The molecule has 1 aromatic rings. The Balaban J connectivity index is 2.18. The first-order valence-corrected chi connectivity index (χ1v) is 5.88. The van der Waals surface area contributed by atoms with E-state index in [-0.39, 0.29) is 16.5 Å². The van der Waals surface area contributed by atoms with Crippen molar-refractivity contribution in [3.63, 3.8) is 0 Å². The molecule has 0 radical (unpaired) electrons. The summed E-state index contributed by atoms with van der Waals surface area (Å²) in [7, 11) is 0. The van der Waals surface area contributed by atoms with Crippen molar-refractivity contribution in [1.82, 2.24) is 4.90 Å². The van der Waals surface area contributed by atoms with Crippen LogP contribution in [0.5, 0.6) is 0 Å². The number of aliphatic hydroxyl groups excluding tert-OH is 1. The third-order valence-electron chi connectivity index (χ3n) is 2.85. The summed E-state index contributed by atoms with van der Waals surface area (Å²) in [5.74, 6) is -0.723. The normalized spacial score (nSPS) is 20.4. The molecule has 1 aromatic carbocycles. The van der Waals surface area contributed by atoms with Gasteiger partial charge in [-0.15, -0.1) is 0 Å². The molecule has 5 heteroatoms. The van der Waals surface area contributed by atoms with Gasteiger partial charge >= 0.3 is 0 Å². The number of likely N-dealkylation sites (tertiary alicyclic amines) is 1. The van der Waals surface area contributed by atoms with Crippen molar-refractivity contribution in [3.05, 3.63) is 34.6 Å². The van der Waals surface area contributed by atoms with Crippen LogP contribution in [0.4, 0.5) is 4.39 Å². The Morgan fingerprint density at radius 2 is 2.29 bits per heavy atom. The number of rotatable bonds is 1. The number of carbonyl (C=O) groups excluding carboxylic acids is 1. The van der Waals surface area contributed by atoms with E-state index in [4.69, 9.17) is 11.6 Å². The van der Waals surface area contributed by atoms with Crippen LogP contribution in [-0.4, -0.2) is 35.1 Å². The van der Waals surface area contributed by atoms with Gasteiger partial charge in [0.25, 0.3) is 5.91 Å². The first kappa shape index (κ1) is 12.3. The molecule has 1 amide bonds. The molecule has 1 fully saturated rings. The van der Waals surface area contributed by atoms with Crippen LogP contribution in [0, 0.1) is 5.82 Å². The number of benzene rings is 1. The quantitative estimate of drug-likeness (QED) is 0.837. The van der Waals surface area contributed by atoms with Crippen molar-refractivity contribution >= 4 is 17.5 Å². The monoisotopic (exact) mass is 257 g/mol. The maximum atomic E-state index is 12.9. The van der Waals surface area contributed by atoms with Crippen LogP contribution in [0.15, 0.2) is 18.2 Å². The van der Waals surface area contributed by atoms with Crippen LogP contribution in [0.3, 0.4) is 0 Å². The number of halogens is 2. The minimum absolute atomic E-state index is 0.107. The van der Waals surface area contributed by atoms with E-state index in [9.17, 15) is 14.3 Å². The van der Waals surface area contributed by atoms with Crippen molar-refractivity contribution in [2.24, 2.45) is 0 Å². The van der Waals surface area contributed by atoms with E-state index in [0.717, 1.165) is 12.5 Å².